The Hall–Kier alpha value is -2.99. The van der Waals surface area contributed by atoms with Crippen molar-refractivity contribution in [2.75, 3.05) is 20.6 Å². The lowest BCUT2D eigenvalue weighted by Crippen LogP contribution is -2.41. The molecule has 0 radical (unpaired) electrons. The summed E-state index contributed by atoms with van der Waals surface area (Å²) in [6.07, 6.45) is 2.33. The van der Waals surface area contributed by atoms with Crippen molar-refractivity contribution in [1.29, 1.82) is 0 Å². The number of nitrogens with zero attached hydrogens (tertiary/aromatic N) is 2. The summed E-state index contributed by atoms with van der Waals surface area (Å²) < 4.78 is 13.1. The van der Waals surface area contributed by atoms with Gasteiger partial charge in [0.25, 0.3) is 5.91 Å². The number of nitrogens with one attached hydrogen (secondary N) is 2. The van der Waals surface area contributed by atoms with Crippen molar-refractivity contribution < 1.29 is 9.18 Å². The van der Waals surface area contributed by atoms with Crippen LogP contribution in [0.5, 0.6) is 0 Å². The summed E-state index contributed by atoms with van der Waals surface area (Å²) in [5, 5.41) is 9.80. The Morgan fingerprint density at radius 2 is 1.85 bits per heavy atom. The Morgan fingerprint density at radius 1 is 1.15 bits per heavy atom. The van der Waals surface area contributed by atoms with Gasteiger partial charge in [0.05, 0.1) is 17.5 Å². The Labute approximate surface area is 158 Å². The lowest BCUT2D eigenvalue weighted by atomic mass is 10.0. The number of aromatic amines is 1. The molecular weight excluding hydrogens is 343 g/mol. The number of carbonyl (C=O) groups is 1. The van der Waals surface area contributed by atoms with E-state index in [-0.39, 0.29) is 17.8 Å². The quantitative estimate of drug-likeness (QED) is 0.675. The Bertz CT molecular complexity index is 875. The van der Waals surface area contributed by atoms with Crippen LogP contribution >= 0.6 is 0 Å². The van der Waals surface area contributed by atoms with Crippen LogP contribution in [0.4, 0.5) is 4.39 Å². The van der Waals surface area contributed by atoms with Crippen LogP contribution in [0.1, 0.15) is 15.9 Å². The number of rotatable bonds is 7. The van der Waals surface area contributed by atoms with E-state index in [0.717, 1.165) is 6.42 Å². The minimum atomic E-state index is -0.320. The Kier molecular flexibility index (Phi) is 5.98. The van der Waals surface area contributed by atoms with Crippen molar-refractivity contribution in [3.05, 3.63) is 77.7 Å². The van der Waals surface area contributed by atoms with Crippen molar-refractivity contribution in [3.63, 3.8) is 0 Å². The third kappa shape index (κ3) is 4.80. The summed E-state index contributed by atoms with van der Waals surface area (Å²) in [4.78, 5) is 14.8. The van der Waals surface area contributed by atoms with Gasteiger partial charge in [-0.15, -0.1) is 0 Å². The summed E-state index contributed by atoms with van der Waals surface area (Å²) in [6.45, 7) is 0.509. The monoisotopic (exact) mass is 366 g/mol. The van der Waals surface area contributed by atoms with Gasteiger partial charge in [-0.3, -0.25) is 9.89 Å². The molecule has 0 aliphatic carbocycles. The van der Waals surface area contributed by atoms with Gasteiger partial charge in [-0.1, -0.05) is 30.3 Å². The number of amides is 1. The minimum absolute atomic E-state index is 0.164. The van der Waals surface area contributed by atoms with Crippen LogP contribution < -0.4 is 5.32 Å². The topological polar surface area (TPSA) is 61.0 Å². The molecule has 0 bridgehead atoms. The molecule has 140 valence electrons. The van der Waals surface area contributed by atoms with Crippen molar-refractivity contribution >= 4 is 5.91 Å². The zero-order chi connectivity index (χ0) is 19.2. The zero-order valence-electron chi connectivity index (χ0n) is 15.4. The second-order valence-corrected chi connectivity index (χ2v) is 6.68. The van der Waals surface area contributed by atoms with Crippen molar-refractivity contribution in [1.82, 2.24) is 20.4 Å². The molecule has 1 heterocycles. The Morgan fingerprint density at radius 3 is 2.52 bits per heavy atom. The molecule has 1 atom stereocenters. The normalized spacial score (nSPS) is 12.1. The second-order valence-electron chi connectivity index (χ2n) is 6.68. The van der Waals surface area contributed by atoms with E-state index in [1.807, 2.05) is 32.3 Å². The molecule has 2 N–H and O–H groups in total. The second kappa shape index (κ2) is 8.60. The molecule has 6 heteroatoms. The maximum atomic E-state index is 13.1. The summed E-state index contributed by atoms with van der Waals surface area (Å²) >= 11 is 0. The van der Waals surface area contributed by atoms with Gasteiger partial charge in [0.1, 0.15) is 5.82 Å². The highest BCUT2D eigenvalue weighted by atomic mass is 19.1. The first-order chi connectivity index (χ1) is 13.0. The van der Waals surface area contributed by atoms with Gasteiger partial charge in [-0.25, -0.2) is 4.39 Å². The predicted octanol–water partition coefficient (Wildman–Crippen LogP) is 3.12. The molecule has 0 spiro atoms. The molecule has 27 heavy (non-hydrogen) atoms. The highest BCUT2D eigenvalue weighted by Crippen LogP contribution is 2.21. The van der Waals surface area contributed by atoms with Gasteiger partial charge in [0, 0.05) is 18.2 Å². The van der Waals surface area contributed by atoms with Gasteiger partial charge >= 0.3 is 0 Å². The fraction of sp³-hybridized carbons (Fsp3) is 0.238. The van der Waals surface area contributed by atoms with E-state index in [1.165, 1.54) is 23.9 Å². The minimum Gasteiger partial charge on any atom is -0.350 e. The van der Waals surface area contributed by atoms with Crippen LogP contribution in [0.25, 0.3) is 11.3 Å². The maximum absolute atomic E-state index is 13.1. The molecule has 0 unspecified atom stereocenters. The van der Waals surface area contributed by atoms with Crippen LogP contribution in [-0.4, -0.2) is 47.7 Å². The molecule has 1 amide bonds. The first-order valence-electron chi connectivity index (χ1n) is 8.82. The number of aromatic nitrogens is 2. The molecule has 0 fully saturated rings. The van der Waals surface area contributed by atoms with Gasteiger partial charge in [-0.05, 0) is 50.3 Å². The van der Waals surface area contributed by atoms with E-state index < -0.39 is 0 Å². The molecule has 0 saturated carbocycles. The third-order valence-electron chi connectivity index (χ3n) is 4.56. The Balaban J connectivity index is 1.68. The number of hydrogen-bond donors (Lipinski definition) is 2. The van der Waals surface area contributed by atoms with Crippen LogP contribution in [0.2, 0.25) is 0 Å². The summed E-state index contributed by atoms with van der Waals surface area (Å²) in [6, 6.07) is 16.3. The third-order valence-corrected chi connectivity index (χ3v) is 4.56. The van der Waals surface area contributed by atoms with Gasteiger partial charge < -0.3 is 10.2 Å². The first-order valence-corrected chi connectivity index (χ1v) is 8.82. The molecule has 3 rings (SSSR count). The summed E-state index contributed by atoms with van der Waals surface area (Å²) in [5.41, 5.74) is 2.96. The first kappa shape index (κ1) is 18.8. The van der Waals surface area contributed by atoms with Gasteiger partial charge in [0.15, 0.2) is 0 Å². The highest BCUT2D eigenvalue weighted by Gasteiger charge is 2.18. The highest BCUT2D eigenvalue weighted by molar-refractivity contribution is 5.99. The molecule has 0 aliphatic heterocycles. The lowest BCUT2D eigenvalue weighted by Gasteiger charge is -2.24. The van der Waals surface area contributed by atoms with E-state index in [0.29, 0.717) is 23.4 Å². The SMILES string of the molecule is CN(C)[C@H](CNC(=O)c1cn[nH]c1-c1ccc(F)cc1)Cc1ccccc1. The largest absolute Gasteiger partial charge is 0.350 e. The molecule has 0 aliphatic rings. The zero-order valence-corrected chi connectivity index (χ0v) is 15.4. The van der Waals surface area contributed by atoms with E-state index >= 15 is 0 Å². The standard InChI is InChI=1S/C21H23FN4O/c1-26(2)18(12-15-6-4-3-5-7-15)13-23-21(27)19-14-24-25-20(19)16-8-10-17(22)11-9-16/h3-11,14,18H,12-13H2,1-2H3,(H,23,27)(H,24,25)/t18-/m0/s1. The number of H-pyrrole nitrogens is 1. The number of carbonyl (C=O) groups excluding carboxylic acids is 1. The van der Waals surface area contributed by atoms with E-state index in [1.54, 1.807) is 12.1 Å². The number of likely N-dealkylation sites (N-methyl/N-ethyl adjacent to an activating group) is 1. The van der Waals surface area contributed by atoms with Crippen LogP contribution in [0.15, 0.2) is 60.8 Å². The maximum Gasteiger partial charge on any atom is 0.255 e. The predicted molar refractivity (Wildman–Crippen MR) is 104 cm³/mol. The average molecular weight is 366 g/mol. The summed E-state index contributed by atoms with van der Waals surface area (Å²) in [5.74, 6) is -0.526. The number of benzene rings is 2. The van der Waals surface area contributed by atoms with Gasteiger partial charge in [0.2, 0.25) is 0 Å². The van der Waals surface area contributed by atoms with Crippen molar-refractivity contribution in [3.8, 4) is 11.3 Å². The van der Waals surface area contributed by atoms with Crippen LogP contribution in [0.3, 0.4) is 0 Å². The number of hydrogen-bond acceptors (Lipinski definition) is 3. The van der Waals surface area contributed by atoms with E-state index in [2.05, 4.69) is 32.5 Å². The van der Waals surface area contributed by atoms with Gasteiger partial charge in [-0.2, -0.15) is 5.10 Å². The van der Waals surface area contributed by atoms with Crippen LogP contribution in [-0.2, 0) is 6.42 Å². The lowest BCUT2D eigenvalue weighted by molar-refractivity contribution is 0.0942. The van der Waals surface area contributed by atoms with Crippen molar-refractivity contribution in [2.24, 2.45) is 0 Å². The van der Waals surface area contributed by atoms with Crippen LogP contribution in [0, 0.1) is 5.82 Å². The molecule has 2 aromatic carbocycles. The smallest absolute Gasteiger partial charge is 0.255 e. The average Bonchev–Trinajstić information content (AvgIpc) is 3.16. The molecule has 5 nitrogen and oxygen atoms in total. The fourth-order valence-electron chi connectivity index (χ4n) is 2.92. The molecule has 1 aromatic heterocycles. The fourth-order valence-corrected chi connectivity index (χ4v) is 2.92. The molecule has 3 aromatic rings. The van der Waals surface area contributed by atoms with Crippen molar-refractivity contribution in [2.45, 2.75) is 12.5 Å². The summed E-state index contributed by atoms with van der Waals surface area (Å²) in [7, 11) is 4.00. The molecular formula is C21H23FN4O. The van der Waals surface area contributed by atoms with E-state index in [9.17, 15) is 9.18 Å². The van der Waals surface area contributed by atoms with E-state index in [4.69, 9.17) is 0 Å². The number of halogens is 1. The molecule has 0 saturated heterocycles.